The van der Waals surface area contributed by atoms with E-state index in [0.29, 0.717) is 10.6 Å². The first-order valence-corrected chi connectivity index (χ1v) is 8.68. The summed E-state index contributed by atoms with van der Waals surface area (Å²) in [4.78, 5) is 7.36. The van der Waals surface area contributed by atoms with E-state index in [0.717, 1.165) is 22.0 Å². The van der Waals surface area contributed by atoms with Gasteiger partial charge in [0.1, 0.15) is 22.4 Å². The summed E-state index contributed by atoms with van der Waals surface area (Å²) < 4.78 is 5.65. The number of hydrogen-bond acceptors (Lipinski definition) is 5. The molecule has 0 aliphatic carbocycles. The van der Waals surface area contributed by atoms with Crippen LogP contribution in [0.3, 0.4) is 0 Å². The Morgan fingerprint density at radius 2 is 1.92 bits per heavy atom. The van der Waals surface area contributed by atoms with Gasteiger partial charge in [0.25, 0.3) is 0 Å². The number of aliphatic hydroxyl groups is 1. The maximum absolute atomic E-state index is 10.4. The van der Waals surface area contributed by atoms with Crippen molar-refractivity contribution in [2.24, 2.45) is 0 Å². The molecule has 0 spiro atoms. The molecule has 24 heavy (non-hydrogen) atoms. The fraction of sp³-hybridized carbons (Fsp3) is 0.333. The SMILES string of the molecule is Cc1nc(C2=C(O)CN(c3ccc(OC(C)C)cc3)C2=N)sc1C. The number of benzene rings is 1. The number of anilines is 1. The molecule has 2 heterocycles. The molecule has 0 amide bonds. The van der Waals surface area contributed by atoms with E-state index in [1.807, 2.05) is 52.0 Å². The van der Waals surface area contributed by atoms with Gasteiger partial charge in [-0.25, -0.2) is 4.98 Å². The molecule has 1 aromatic heterocycles. The normalized spacial score (nSPS) is 14.9. The Bertz CT molecular complexity index is 787. The lowest BCUT2D eigenvalue weighted by Gasteiger charge is -2.19. The fourth-order valence-corrected chi connectivity index (χ4v) is 3.56. The van der Waals surface area contributed by atoms with Gasteiger partial charge in [-0.2, -0.15) is 0 Å². The average molecular weight is 343 g/mol. The first-order valence-electron chi connectivity index (χ1n) is 7.86. The summed E-state index contributed by atoms with van der Waals surface area (Å²) in [6.07, 6.45) is 0.120. The second-order valence-electron chi connectivity index (χ2n) is 6.08. The molecular formula is C18H21N3O2S. The van der Waals surface area contributed by atoms with Gasteiger partial charge in [0.05, 0.1) is 23.9 Å². The van der Waals surface area contributed by atoms with Crippen molar-refractivity contribution in [1.82, 2.24) is 4.98 Å². The molecule has 3 rings (SSSR count). The third kappa shape index (κ3) is 3.01. The quantitative estimate of drug-likeness (QED) is 0.868. The van der Waals surface area contributed by atoms with Crippen molar-refractivity contribution >= 4 is 28.4 Å². The van der Waals surface area contributed by atoms with E-state index in [1.54, 1.807) is 4.90 Å². The maximum atomic E-state index is 10.4. The van der Waals surface area contributed by atoms with Gasteiger partial charge in [0.15, 0.2) is 0 Å². The molecule has 0 saturated carbocycles. The van der Waals surface area contributed by atoms with Crippen molar-refractivity contribution in [3.63, 3.8) is 0 Å². The van der Waals surface area contributed by atoms with Gasteiger partial charge < -0.3 is 14.7 Å². The van der Waals surface area contributed by atoms with Crippen LogP contribution in [0.5, 0.6) is 5.75 Å². The van der Waals surface area contributed by atoms with E-state index in [4.69, 9.17) is 10.1 Å². The number of rotatable bonds is 4. The van der Waals surface area contributed by atoms with Gasteiger partial charge in [0.2, 0.25) is 0 Å². The lowest BCUT2D eigenvalue weighted by molar-refractivity contribution is 0.242. The zero-order valence-electron chi connectivity index (χ0n) is 14.3. The Kier molecular flexibility index (Phi) is 4.32. The molecule has 0 saturated heterocycles. The molecule has 0 unspecified atom stereocenters. The molecule has 1 aliphatic rings. The number of nitrogens with one attached hydrogen (secondary N) is 1. The van der Waals surface area contributed by atoms with E-state index in [2.05, 4.69) is 4.98 Å². The first-order chi connectivity index (χ1) is 11.4. The Labute approximate surface area is 145 Å². The minimum absolute atomic E-state index is 0.120. The number of amidine groups is 1. The van der Waals surface area contributed by atoms with Crippen molar-refractivity contribution in [1.29, 1.82) is 5.41 Å². The summed E-state index contributed by atoms with van der Waals surface area (Å²) in [7, 11) is 0. The summed E-state index contributed by atoms with van der Waals surface area (Å²) in [6.45, 7) is 8.19. The molecule has 6 heteroatoms. The summed E-state index contributed by atoms with van der Waals surface area (Å²) in [6, 6.07) is 7.58. The lowest BCUT2D eigenvalue weighted by atomic mass is 10.2. The highest BCUT2D eigenvalue weighted by Gasteiger charge is 2.31. The third-order valence-electron chi connectivity index (χ3n) is 3.87. The Morgan fingerprint density at radius 3 is 2.46 bits per heavy atom. The smallest absolute Gasteiger partial charge is 0.139 e. The summed E-state index contributed by atoms with van der Waals surface area (Å²) in [5.41, 5.74) is 2.32. The highest BCUT2D eigenvalue weighted by Crippen LogP contribution is 2.34. The minimum atomic E-state index is 0.120. The van der Waals surface area contributed by atoms with Crippen molar-refractivity contribution in [3.8, 4) is 5.75 Å². The largest absolute Gasteiger partial charge is 0.510 e. The van der Waals surface area contributed by atoms with E-state index in [9.17, 15) is 5.11 Å². The number of nitrogens with zero attached hydrogens (tertiary/aromatic N) is 2. The maximum Gasteiger partial charge on any atom is 0.139 e. The predicted molar refractivity (Wildman–Crippen MR) is 98.4 cm³/mol. The van der Waals surface area contributed by atoms with Crippen LogP contribution in [0.1, 0.15) is 29.4 Å². The lowest BCUT2D eigenvalue weighted by Crippen LogP contribution is -2.25. The molecule has 0 bridgehead atoms. The van der Waals surface area contributed by atoms with E-state index in [1.165, 1.54) is 11.3 Å². The van der Waals surface area contributed by atoms with Gasteiger partial charge in [0, 0.05) is 10.6 Å². The van der Waals surface area contributed by atoms with Crippen LogP contribution in [0, 0.1) is 19.3 Å². The molecule has 0 radical (unpaired) electrons. The topological polar surface area (TPSA) is 69.4 Å². The second kappa shape index (κ2) is 6.28. The number of hydrogen-bond donors (Lipinski definition) is 2. The predicted octanol–water partition coefficient (Wildman–Crippen LogP) is 4.31. The number of aliphatic hydroxyl groups excluding tert-OH is 1. The Hall–Kier alpha value is -2.34. The zero-order valence-corrected chi connectivity index (χ0v) is 15.1. The molecule has 126 valence electrons. The van der Waals surface area contributed by atoms with Crippen LogP contribution < -0.4 is 9.64 Å². The molecule has 2 N–H and O–H groups in total. The zero-order chi connectivity index (χ0) is 17.4. The van der Waals surface area contributed by atoms with Crippen molar-refractivity contribution < 1.29 is 9.84 Å². The number of thiazole rings is 1. The molecule has 1 aromatic carbocycles. The summed E-state index contributed by atoms with van der Waals surface area (Å²) in [5, 5.41) is 19.5. The molecule has 0 fully saturated rings. The van der Waals surface area contributed by atoms with Crippen LogP contribution in [-0.4, -0.2) is 28.6 Å². The van der Waals surface area contributed by atoms with Crippen LogP contribution in [0.25, 0.3) is 5.57 Å². The van der Waals surface area contributed by atoms with Crippen LogP contribution in [0.2, 0.25) is 0 Å². The van der Waals surface area contributed by atoms with Gasteiger partial charge in [-0.05, 0) is 52.0 Å². The number of aryl methyl sites for hydroxylation is 2. The van der Waals surface area contributed by atoms with E-state index >= 15 is 0 Å². The van der Waals surface area contributed by atoms with Crippen molar-refractivity contribution in [3.05, 3.63) is 45.6 Å². The highest BCUT2D eigenvalue weighted by molar-refractivity contribution is 7.13. The van der Waals surface area contributed by atoms with E-state index in [-0.39, 0.29) is 24.2 Å². The van der Waals surface area contributed by atoms with Crippen LogP contribution >= 0.6 is 11.3 Å². The van der Waals surface area contributed by atoms with Crippen molar-refractivity contribution in [2.45, 2.75) is 33.8 Å². The van der Waals surface area contributed by atoms with Crippen molar-refractivity contribution in [2.75, 3.05) is 11.4 Å². The molecule has 1 aliphatic heterocycles. The molecule has 0 atom stereocenters. The number of ether oxygens (including phenoxy) is 1. The fourth-order valence-electron chi connectivity index (χ4n) is 2.58. The molecule has 2 aromatic rings. The van der Waals surface area contributed by atoms with Gasteiger partial charge in [-0.3, -0.25) is 5.41 Å². The average Bonchev–Trinajstić information content (AvgIpc) is 2.99. The summed E-state index contributed by atoms with van der Waals surface area (Å²) in [5.74, 6) is 1.26. The van der Waals surface area contributed by atoms with E-state index < -0.39 is 0 Å². The summed E-state index contributed by atoms with van der Waals surface area (Å²) >= 11 is 1.51. The third-order valence-corrected chi connectivity index (χ3v) is 4.96. The Morgan fingerprint density at radius 1 is 1.25 bits per heavy atom. The van der Waals surface area contributed by atoms with Gasteiger partial charge >= 0.3 is 0 Å². The number of aromatic nitrogens is 1. The molecular weight excluding hydrogens is 322 g/mol. The minimum Gasteiger partial charge on any atom is -0.510 e. The standard InChI is InChI=1S/C18H21N3O2S/c1-10(2)23-14-7-5-13(6-8-14)21-9-15(22)16(17(21)19)18-20-11(3)12(4)24-18/h5-8,10,19,22H,9H2,1-4H3. The van der Waals surface area contributed by atoms with Gasteiger partial charge in [-0.15, -0.1) is 11.3 Å². The molecule has 5 nitrogen and oxygen atoms in total. The first kappa shape index (κ1) is 16.5. The Balaban J connectivity index is 1.84. The van der Waals surface area contributed by atoms with Gasteiger partial charge in [-0.1, -0.05) is 0 Å². The highest BCUT2D eigenvalue weighted by atomic mass is 32.1. The van der Waals surface area contributed by atoms with Crippen LogP contribution in [0.4, 0.5) is 5.69 Å². The second-order valence-corrected chi connectivity index (χ2v) is 7.28. The monoisotopic (exact) mass is 343 g/mol. The van der Waals surface area contributed by atoms with Crippen LogP contribution in [-0.2, 0) is 0 Å². The van der Waals surface area contributed by atoms with Crippen LogP contribution in [0.15, 0.2) is 30.0 Å².